The molecule has 1 aliphatic rings. The van der Waals surface area contributed by atoms with Crippen LogP contribution < -0.4 is 9.46 Å². The lowest BCUT2D eigenvalue weighted by Gasteiger charge is -2.32. The van der Waals surface area contributed by atoms with Crippen LogP contribution in [0, 0.1) is 0 Å². The normalized spacial score (nSPS) is 19.0. The standard InChI is InChI=1S/C16H22N2O4S/c1-22-15-7-3-5-13(11-15)8-9-16(19)18-10-4-6-14(12-18)17-23(2,20)21/h3,5,7-9,11,14,17H,4,6,10,12H2,1-2H3/b9-8+/t14-/m0/s1. The van der Waals surface area contributed by atoms with Crippen LogP contribution in [0.25, 0.3) is 6.08 Å². The summed E-state index contributed by atoms with van der Waals surface area (Å²) in [5, 5.41) is 0. The van der Waals surface area contributed by atoms with Gasteiger partial charge in [0, 0.05) is 25.2 Å². The SMILES string of the molecule is COc1cccc(/C=C/C(=O)N2CCC[C@H](NS(C)(=O)=O)C2)c1. The molecule has 0 aromatic heterocycles. The van der Waals surface area contributed by atoms with Gasteiger partial charge in [0.25, 0.3) is 0 Å². The van der Waals surface area contributed by atoms with Crippen LogP contribution in [0.1, 0.15) is 18.4 Å². The van der Waals surface area contributed by atoms with E-state index in [1.807, 2.05) is 24.3 Å². The van der Waals surface area contributed by atoms with E-state index in [-0.39, 0.29) is 11.9 Å². The van der Waals surface area contributed by atoms with Crippen molar-refractivity contribution in [2.75, 3.05) is 26.5 Å². The molecular weight excluding hydrogens is 316 g/mol. The molecule has 126 valence electrons. The van der Waals surface area contributed by atoms with E-state index in [0.717, 1.165) is 30.4 Å². The molecule has 1 atom stereocenters. The molecule has 1 fully saturated rings. The molecule has 1 aromatic carbocycles. The predicted molar refractivity (Wildman–Crippen MR) is 89.6 cm³/mol. The van der Waals surface area contributed by atoms with Gasteiger partial charge < -0.3 is 9.64 Å². The van der Waals surface area contributed by atoms with Crippen LogP contribution in [0.3, 0.4) is 0 Å². The molecule has 2 rings (SSSR count). The molecule has 1 heterocycles. The van der Waals surface area contributed by atoms with Gasteiger partial charge in [0.15, 0.2) is 0 Å². The number of carbonyl (C=O) groups excluding carboxylic acids is 1. The molecule has 1 aromatic rings. The summed E-state index contributed by atoms with van der Waals surface area (Å²) in [4.78, 5) is 13.9. The predicted octanol–water partition coefficient (Wildman–Crippen LogP) is 1.25. The van der Waals surface area contributed by atoms with Crippen molar-refractivity contribution in [1.29, 1.82) is 0 Å². The van der Waals surface area contributed by atoms with Gasteiger partial charge in [0.2, 0.25) is 15.9 Å². The van der Waals surface area contributed by atoms with Crippen molar-refractivity contribution in [3.05, 3.63) is 35.9 Å². The van der Waals surface area contributed by atoms with E-state index < -0.39 is 10.0 Å². The zero-order valence-electron chi connectivity index (χ0n) is 13.4. The van der Waals surface area contributed by atoms with Gasteiger partial charge in [-0.25, -0.2) is 13.1 Å². The molecule has 0 unspecified atom stereocenters. The zero-order chi connectivity index (χ0) is 16.9. The molecule has 1 amide bonds. The smallest absolute Gasteiger partial charge is 0.246 e. The third kappa shape index (κ3) is 5.69. The largest absolute Gasteiger partial charge is 0.497 e. The second-order valence-corrected chi connectivity index (χ2v) is 7.40. The highest BCUT2D eigenvalue weighted by Gasteiger charge is 2.24. The Kier molecular flexibility index (Phi) is 5.79. The minimum Gasteiger partial charge on any atom is -0.497 e. The third-order valence-electron chi connectivity index (χ3n) is 3.63. The Labute approximate surface area is 137 Å². The summed E-state index contributed by atoms with van der Waals surface area (Å²) in [6.07, 6.45) is 5.91. The van der Waals surface area contributed by atoms with E-state index in [0.29, 0.717) is 13.1 Å². The fraction of sp³-hybridized carbons (Fsp3) is 0.438. The summed E-state index contributed by atoms with van der Waals surface area (Å²) >= 11 is 0. The van der Waals surface area contributed by atoms with Crippen LogP contribution in [-0.4, -0.2) is 51.7 Å². The van der Waals surface area contributed by atoms with Crippen LogP contribution in [0.15, 0.2) is 30.3 Å². The van der Waals surface area contributed by atoms with E-state index in [1.165, 1.54) is 6.08 Å². The lowest BCUT2D eigenvalue weighted by molar-refractivity contribution is -0.127. The van der Waals surface area contributed by atoms with Gasteiger partial charge in [-0.1, -0.05) is 12.1 Å². The second-order valence-electron chi connectivity index (χ2n) is 5.62. The first-order valence-corrected chi connectivity index (χ1v) is 9.35. The number of nitrogens with zero attached hydrogens (tertiary/aromatic N) is 1. The number of likely N-dealkylation sites (tertiary alicyclic amines) is 1. The van der Waals surface area contributed by atoms with Gasteiger partial charge >= 0.3 is 0 Å². The number of hydrogen-bond acceptors (Lipinski definition) is 4. The highest BCUT2D eigenvalue weighted by Crippen LogP contribution is 2.15. The summed E-state index contributed by atoms with van der Waals surface area (Å²) in [5.74, 6) is 0.614. The van der Waals surface area contributed by atoms with Gasteiger partial charge in [-0.05, 0) is 36.6 Å². The molecule has 1 saturated heterocycles. The lowest BCUT2D eigenvalue weighted by atomic mass is 10.1. The molecule has 1 N–H and O–H groups in total. The average molecular weight is 338 g/mol. The fourth-order valence-electron chi connectivity index (χ4n) is 2.59. The van der Waals surface area contributed by atoms with Crippen LogP contribution in [0.2, 0.25) is 0 Å². The monoisotopic (exact) mass is 338 g/mol. The number of methoxy groups -OCH3 is 1. The molecular formula is C16H22N2O4S. The number of benzene rings is 1. The number of rotatable bonds is 5. The van der Waals surface area contributed by atoms with Crippen LogP contribution in [-0.2, 0) is 14.8 Å². The van der Waals surface area contributed by atoms with Gasteiger partial charge in [-0.2, -0.15) is 0 Å². The van der Waals surface area contributed by atoms with Crippen LogP contribution >= 0.6 is 0 Å². The lowest BCUT2D eigenvalue weighted by Crippen LogP contribution is -2.48. The summed E-state index contributed by atoms with van der Waals surface area (Å²) in [5.41, 5.74) is 0.875. The third-order valence-corrected chi connectivity index (χ3v) is 4.39. The number of sulfonamides is 1. The topological polar surface area (TPSA) is 75.7 Å². The molecule has 0 saturated carbocycles. The van der Waals surface area contributed by atoms with Crippen molar-refractivity contribution >= 4 is 22.0 Å². The van der Waals surface area contributed by atoms with Crippen molar-refractivity contribution in [3.8, 4) is 5.75 Å². The first-order valence-electron chi connectivity index (χ1n) is 7.46. The van der Waals surface area contributed by atoms with Gasteiger partial charge in [0.1, 0.15) is 5.75 Å². The van der Waals surface area contributed by atoms with Gasteiger partial charge in [-0.15, -0.1) is 0 Å². The summed E-state index contributed by atoms with van der Waals surface area (Å²) in [7, 11) is -1.66. The number of piperidine rings is 1. The Bertz CT molecular complexity index is 685. The molecule has 6 nitrogen and oxygen atoms in total. The van der Waals surface area contributed by atoms with E-state index in [9.17, 15) is 13.2 Å². The highest BCUT2D eigenvalue weighted by atomic mass is 32.2. The molecule has 0 radical (unpaired) electrons. The summed E-state index contributed by atoms with van der Waals surface area (Å²) in [6, 6.07) is 7.21. The Morgan fingerprint density at radius 1 is 1.43 bits per heavy atom. The average Bonchev–Trinajstić information content (AvgIpc) is 2.51. The Morgan fingerprint density at radius 2 is 2.22 bits per heavy atom. The molecule has 0 spiro atoms. The van der Waals surface area contributed by atoms with Crippen molar-refractivity contribution in [2.45, 2.75) is 18.9 Å². The number of ether oxygens (including phenoxy) is 1. The van der Waals surface area contributed by atoms with E-state index >= 15 is 0 Å². The van der Waals surface area contributed by atoms with Crippen LogP contribution in [0.5, 0.6) is 5.75 Å². The zero-order valence-corrected chi connectivity index (χ0v) is 14.2. The Balaban J connectivity index is 1.98. The number of nitrogens with one attached hydrogen (secondary N) is 1. The summed E-state index contributed by atoms with van der Waals surface area (Å²) in [6.45, 7) is 1.04. The molecule has 0 aliphatic carbocycles. The van der Waals surface area contributed by atoms with Crippen molar-refractivity contribution in [3.63, 3.8) is 0 Å². The Hall–Kier alpha value is -1.86. The molecule has 1 aliphatic heterocycles. The molecule has 0 bridgehead atoms. The van der Waals surface area contributed by atoms with Crippen molar-refractivity contribution in [1.82, 2.24) is 9.62 Å². The second kappa shape index (κ2) is 7.61. The fourth-order valence-corrected chi connectivity index (χ4v) is 3.39. The summed E-state index contributed by atoms with van der Waals surface area (Å²) < 4.78 is 30.3. The first kappa shape index (κ1) is 17.5. The van der Waals surface area contributed by atoms with Gasteiger partial charge in [0.05, 0.1) is 13.4 Å². The minimum atomic E-state index is -3.26. The van der Waals surface area contributed by atoms with Crippen molar-refractivity contribution < 1.29 is 17.9 Å². The van der Waals surface area contributed by atoms with Crippen molar-refractivity contribution in [2.24, 2.45) is 0 Å². The maximum Gasteiger partial charge on any atom is 0.246 e. The van der Waals surface area contributed by atoms with E-state index in [1.54, 1.807) is 18.1 Å². The number of amides is 1. The number of carbonyl (C=O) groups is 1. The quantitative estimate of drug-likeness (QED) is 0.820. The minimum absolute atomic E-state index is 0.118. The maximum atomic E-state index is 12.3. The maximum absolute atomic E-state index is 12.3. The van der Waals surface area contributed by atoms with E-state index in [2.05, 4.69) is 4.72 Å². The molecule has 23 heavy (non-hydrogen) atoms. The van der Waals surface area contributed by atoms with Gasteiger partial charge in [-0.3, -0.25) is 4.79 Å². The Morgan fingerprint density at radius 3 is 2.91 bits per heavy atom. The first-order chi connectivity index (χ1) is 10.9. The van der Waals surface area contributed by atoms with Crippen LogP contribution in [0.4, 0.5) is 0 Å². The van der Waals surface area contributed by atoms with E-state index in [4.69, 9.17) is 4.74 Å². The highest BCUT2D eigenvalue weighted by molar-refractivity contribution is 7.88. The molecule has 7 heteroatoms. The number of hydrogen-bond donors (Lipinski definition) is 1.